The molecule has 20 heavy (non-hydrogen) atoms. The predicted molar refractivity (Wildman–Crippen MR) is 82.2 cm³/mol. The van der Waals surface area contributed by atoms with Gasteiger partial charge in [0.1, 0.15) is 11.0 Å². The van der Waals surface area contributed by atoms with Crippen molar-refractivity contribution in [1.82, 2.24) is 9.97 Å². The van der Waals surface area contributed by atoms with E-state index in [2.05, 4.69) is 36.2 Å². The van der Waals surface area contributed by atoms with Crippen LogP contribution in [0.3, 0.4) is 0 Å². The lowest BCUT2D eigenvalue weighted by Gasteiger charge is -2.23. The summed E-state index contributed by atoms with van der Waals surface area (Å²) in [5, 5.41) is 0.581. The topological polar surface area (TPSA) is 25.8 Å². The normalized spacial score (nSPS) is 17.8. The molecular formula is C17H19ClN2. The second kappa shape index (κ2) is 5.92. The summed E-state index contributed by atoms with van der Waals surface area (Å²) in [7, 11) is 0. The highest BCUT2D eigenvalue weighted by Gasteiger charge is 2.22. The molecule has 1 aliphatic carbocycles. The Morgan fingerprint density at radius 3 is 2.80 bits per heavy atom. The Morgan fingerprint density at radius 2 is 2.00 bits per heavy atom. The zero-order valence-corrected chi connectivity index (χ0v) is 12.5. The average Bonchev–Trinajstić information content (AvgIpc) is 2.46. The maximum Gasteiger partial charge on any atom is 0.133 e. The number of aromatic nitrogens is 2. The van der Waals surface area contributed by atoms with Crippen molar-refractivity contribution >= 4 is 11.6 Å². The molecule has 1 atom stereocenters. The van der Waals surface area contributed by atoms with Gasteiger partial charge in [0, 0.05) is 11.6 Å². The van der Waals surface area contributed by atoms with E-state index in [1.165, 1.54) is 11.1 Å². The molecule has 1 aromatic carbocycles. The second-order valence-corrected chi connectivity index (χ2v) is 5.89. The molecule has 2 nitrogen and oxygen atoms in total. The molecule has 0 radical (unpaired) electrons. The molecule has 3 rings (SSSR count). The van der Waals surface area contributed by atoms with Gasteiger partial charge in [-0.05, 0) is 42.9 Å². The van der Waals surface area contributed by atoms with Crippen molar-refractivity contribution in [2.24, 2.45) is 0 Å². The fraction of sp³-hybridized carbons (Fsp3) is 0.412. The minimum Gasteiger partial charge on any atom is -0.238 e. The number of hydrogen-bond acceptors (Lipinski definition) is 2. The van der Waals surface area contributed by atoms with Crippen LogP contribution in [0.5, 0.6) is 0 Å². The average molecular weight is 287 g/mol. The Morgan fingerprint density at radius 1 is 1.20 bits per heavy atom. The number of rotatable bonds is 3. The minimum absolute atomic E-state index is 0.402. The lowest BCUT2D eigenvalue weighted by atomic mass is 9.83. The van der Waals surface area contributed by atoms with Crippen LogP contribution < -0.4 is 0 Å². The van der Waals surface area contributed by atoms with Crippen molar-refractivity contribution < 1.29 is 0 Å². The van der Waals surface area contributed by atoms with Gasteiger partial charge in [-0.15, -0.1) is 0 Å². The molecule has 0 spiro atoms. The molecule has 1 aliphatic rings. The summed E-state index contributed by atoms with van der Waals surface area (Å²) in [6.07, 6.45) is 5.31. The monoisotopic (exact) mass is 286 g/mol. The first-order valence-corrected chi connectivity index (χ1v) is 7.74. The molecule has 0 saturated carbocycles. The van der Waals surface area contributed by atoms with E-state index in [-0.39, 0.29) is 0 Å². The molecule has 1 heterocycles. The summed E-state index contributed by atoms with van der Waals surface area (Å²) in [5.74, 6) is 1.33. The van der Waals surface area contributed by atoms with Gasteiger partial charge in [0.25, 0.3) is 0 Å². The Hall–Kier alpha value is -1.41. The van der Waals surface area contributed by atoms with Crippen molar-refractivity contribution in [2.45, 2.75) is 44.9 Å². The van der Waals surface area contributed by atoms with Gasteiger partial charge in [0.15, 0.2) is 0 Å². The maximum atomic E-state index is 6.15. The van der Waals surface area contributed by atoms with E-state index in [0.29, 0.717) is 11.1 Å². The summed E-state index contributed by atoms with van der Waals surface area (Å²) < 4.78 is 0. The third-order valence-electron chi connectivity index (χ3n) is 3.98. The van der Waals surface area contributed by atoms with E-state index in [9.17, 15) is 0 Å². The summed E-state index contributed by atoms with van der Waals surface area (Å²) >= 11 is 6.15. The van der Waals surface area contributed by atoms with Gasteiger partial charge >= 0.3 is 0 Å². The first-order valence-electron chi connectivity index (χ1n) is 7.36. The third kappa shape index (κ3) is 2.85. The van der Waals surface area contributed by atoms with E-state index < -0.39 is 0 Å². The van der Waals surface area contributed by atoms with Gasteiger partial charge in [-0.25, -0.2) is 9.97 Å². The molecule has 0 saturated heterocycles. The number of aryl methyl sites for hydroxylation is 2. The molecule has 0 aliphatic heterocycles. The Bertz CT molecular complexity index is 610. The molecule has 0 amide bonds. The van der Waals surface area contributed by atoms with Crippen LogP contribution in [-0.2, 0) is 19.3 Å². The van der Waals surface area contributed by atoms with Gasteiger partial charge in [0.2, 0.25) is 0 Å². The number of benzene rings is 1. The van der Waals surface area contributed by atoms with E-state index in [0.717, 1.165) is 43.6 Å². The van der Waals surface area contributed by atoms with Crippen molar-refractivity contribution in [2.75, 3.05) is 0 Å². The van der Waals surface area contributed by atoms with E-state index >= 15 is 0 Å². The first kappa shape index (κ1) is 13.6. The summed E-state index contributed by atoms with van der Waals surface area (Å²) in [5.41, 5.74) is 3.98. The molecule has 0 N–H and O–H groups in total. The predicted octanol–water partition coefficient (Wildman–Crippen LogP) is 4.36. The molecule has 0 fully saturated rings. The van der Waals surface area contributed by atoms with Crippen LogP contribution in [-0.4, -0.2) is 9.97 Å². The van der Waals surface area contributed by atoms with Crippen LogP contribution in [0, 0.1) is 0 Å². The van der Waals surface area contributed by atoms with Crippen molar-refractivity contribution in [3.05, 3.63) is 58.1 Å². The Balaban J connectivity index is 1.87. The molecule has 1 unspecified atom stereocenters. The third-order valence-corrected chi connectivity index (χ3v) is 4.18. The van der Waals surface area contributed by atoms with Crippen LogP contribution in [0.4, 0.5) is 0 Å². The summed E-state index contributed by atoms with van der Waals surface area (Å²) in [6.45, 7) is 2.16. The van der Waals surface area contributed by atoms with Gasteiger partial charge in [-0.3, -0.25) is 0 Å². The molecule has 104 valence electrons. The lowest BCUT2D eigenvalue weighted by molar-refractivity contribution is 0.551. The molecule has 1 aromatic heterocycles. The quantitative estimate of drug-likeness (QED) is 0.784. The maximum absolute atomic E-state index is 6.15. The van der Waals surface area contributed by atoms with Crippen LogP contribution in [0.1, 0.15) is 48.3 Å². The van der Waals surface area contributed by atoms with Gasteiger partial charge < -0.3 is 0 Å². The second-order valence-electron chi connectivity index (χ2n) is 5.50. The van der Waals surface area contributed by atoms with E-state index in [1.54, 1.807) is 0 Å². The standard InChI is InChI=1S/C17H19ClN2/c1-2-5-15-11-16(18)20-17(19-15)14-9-8-12-6-3-4-7-13(12)10-14/h3-4,6-7,11,14H,2,5,8-10H2,1H3. The first-order chi connectivity index (χ1) is 9.76. The fourth-order valence-electron chi connectivity index (χ4n) is 2.97. The molecular weight excluding hydrogens is 268 g/mol. The fourth-order valence-corrected chi connectivity index (χ4v) is 3.18. The molecule has 2 aromatic rings. The highest BCUT2D eigenvalue weighted by atomic mass is 35.5. The van der Waals surface area contributed by atoms with E-state index in [4.69, 9.17) is 16.6 Å². The zero-order chi connectivity index (χ0) is 13.9. The van der Waals surface area contributed by atoms with Crippen LogP contribution in [0.2, 0.25) is 5.15 Å². The largest absolute Gasteiger partial charge is 0.238 e. The van der Waals surface area contributed by atoms with Crippen molar-refractivity contribution in [3.63, 3.8) is 0 Å². The molecule has 3 heteroatoms. The highest BCUT2D eigenvalue weighted by Crippen LogP contribution is 2.31. The summed E-state index contributed by atoms with van der Waals surface area (Å²) in [4.78, 5) is 9.19. The van der Waals surface area contributed by atoms with Crippen molar-refractivity contribution in [3.8, 4) is 0 Å². The number of nitrogens with zero attached hydrogens (tertiary/aromatic N) is 2. The van der Waals surface area contributed by atoms with Crippen LogP contribution >= 0.6 is 11.6 Å². The van der Waals surface area contributed by atoms with Crippen LogP contribution in [0.25, 0.3) is 0 Å². The molecule has 0 bridgehead atoms. The number of fused-ring (bicyclic) bond motifs is 1. The smallest absolute Gasteiger partial charge is 0.133 e. The number of halogens is 1. The zero-order valence-electron chi connectivity index (χ0n) is 11.8. The Labute approximate surface area is 125 Å². The van der Waals surface area contributed by atoms with E-state index in [1.807, 2.05) is 6.07 Å². The lowest BCUT2D eigenvalue weighted by Crippen LogP contribution is -2.16. The van der Waals surface area contributed by atoms with Crippen LogP contribution in [0.15, 0.2) is 30.3 Å². The Kier molecular flexibility index (Phi) is 4.02. The number of hydrogen-bond donors (Lipinski definition) is 0. The summed E-state index contributed by atoms with van der Waals surface area (Å²) in [6, 6.07) is 10.6. The SMILES string of the molecule is CCCc1cc(Cl)nc(C2CCc3ccccc3C2)n1. The van der Waals surface area contributed by atoms with Gasteiger partial charge in [-0.1, -0.05) is 49.2 Å². The highest BCUT2D eigenvalue weighted by molar-refractivity contribution is 6.29. The van der Waals surface area contributed by atoms with Gasteiger partial charge in [-0.2, -0.15) is 0 Å². The minimum atomic E-state index is 0.402. The van der Waals surface area contributed by atoms with Crippen molar-refractivity contribution in [1.29, 1.82) is 0 Å². The van der Waals surface area contributed by atoms with Gasteiger partial charge in [0.05, 0.1) is 0 Å².